The molecule has 1 saturated heterocycles. The lowest BCUT2D eigenvalue weighted by Crippen LogP contribution is -2.41. The smallest absolute Gasteiger partial charge is 0.254 e. The van der Waals surface area contributed by atoms with Gasteiger partial charge >= 0.3 is 0 Å². The third-order valence-electron chi connectivity index (χ3n) is 11.4. The summed E-state index contributed by atoms with van der Waals surface area (Å²) in [5.41, 5.74) is 3.54. The Bertz CT molecular complexity index is 1190. The van der Waals surface area contributed by atoms with E-state index < -0.39 is 17.8 Å². The van der Waals surface area contributed by atoms with Crippen molar-refractivity contribution in [2.24, 2.45) is 23.2 Å². The number of likely N-dealkylation sites (tertiary alicyclic amines) is 1. The zero-order chi connectivity index (χ0) is 30.1. The molecule has 5 heteroatoms. The van der Waals surface area contributed by atoms with Gasteiger partial charge < -0.3 is 20.2 Å². The van der Waals surface area contributed by atoms with Gasteiger partial charge in [0, 0.05) is 25.4 Å². The van der Waals surface area contributed by atoms with Gasteiger partial charge in [0.25, 0.3) is 5.91 Å². The Morgan fingerprint density at radius 3 is 2.64 bits per heavy atom. The minimum absolute atomic E-state index is 0.0922. The standard InChI is InChI=1S/C37H53NO4/c1-25(21-30-24-37(4,42)35(41)38(30)20-9-8-13-27-11-6-5-7-12-27)32-17-18-33-28(14-10-19-36(32,33)3)15-16-29-22-31(39)23-34(40)26(29)2/h5-7,11-12,15-16,25,30-34,39-40,42H,2,8-10,13-14,17-24H2,1,3-4H3/b28-15+,29-16-/t25-,30+,31-,32-,33?,34+,36-,37+/m1/s1. The van der Waals surface area contributed by atoms with Crippen molar-refractivity contribution < 1.29 is 20.1 Å². The van der Waals surface area contributed by atoms with Crippen molar-refractivity contribution in [3.8, 4) is 0 Å². The van der Waals surface area contributed by atoms with Gasteiger partial charge in [0.1, 0.15) is 5.60 Å². The minimum Gasteiger partial charge on any atom is -0.393 e. The SMILES string of the molecule is C=C1/C(=C\C=C2/CCC[C@@]3(C)C2CC[C@@H]3[C@H](C)C[C@H]2C[C@](C)(O)C(=O)N2CCCCc2ccccc2)C[C@@H](O)C[C@@H]1O. The minimum atomic E-state index is -1.26. The number of aliphatic hydroxyl groups excluding tert-OH is 2. The second-order valence-electron chi connectivity index (χ2n) is 14.5. The molecular formula is C37H53NO4. The first-order valence-electron chi connectivity index (χ1n) is 16.5. The number of allylic oxidation sites excluding steroid dienone is 3. The number of amides is 1. The summed E-state index contributed by atoms with van der Waals surface area (Å²) in [6.45, 7) is 11.4. The number of unbranched alkanes of at least 4 members (excludes halogenated alkanes) is 1. The first kappa shape index (κ1) is 31.2. The van der Waals surface area contributed by atoms with Crippen molar-refractivity contribution in [3.05, 3.63) is 71.3 Å². The molecule has 3 N–H and O–H groups in total. The predicted molar refractivity (Wildman–Crippen MR) is 169 cm³/mol. The van der Waals surface area contributed by atoms with Gasteiger partial charge in [-0.1, -0.05) is 68.5 Å². The van der Waals surface area contributed by atoms with Crippen LogP contribution in [0, 0.1) is 23.2 Å². The number of hydrogen-bond acceptors (Lipinski definition) is 4. The number of carbonyl (C=O) groups excluding carboxylic acids is 1. The summed E-state index contributed by atoms with van der Waals surface area (Å²) in [4.78, 5) is 15.2. The van der Waals surface area contributed by atoms with E-state index in [0.29, 0.717) is 37.0 Å². The average Bonchev–Trinajstić information content (AvgIpc) is 3.41. The maximum absolute atomic E-state index is 13.2. The molecule has 5 nitrogen and oxygen atoms in total. The van der Waals surface area contributed by atoms with Crippen molar-refractivity contribution in [3.63, 3.8) is 0 Å². The molecule has 8 atom stereocenters. The van der Waals surface area contributed by atoms with Crippen LogP contribution in [0.4, 0.5) is 0 Å². The highest BCUT2D eigenvalue weighted by Gasteiger charge is 2.53. The van der Waals surface area contributed by atoms with Crippen LogP contribution in [0.25, 0.3) is 0 Å². The van der Waals surface area contributed by atoms with Gasteiger partial charge in [0.15, 0.2) is 0 Å². The fraction of sp³-hybridized carbons (Fsp3) is 0.649. The molecular weight excluding hydrogens is 522 g/mol. The van der Waals surface area contributed by atoms with Crippen LogP contribution < -0.4 is 0 Å². The van der Waals surface area contributed by atoms with Crippen LogP contribution in [-0.2, 0) is 11.2 Å². The first-order chi connectivity index (χ1) is 20.0. The summed E-state index contributed by atoms with van der Waals surface area (Å²) in [7, 11) is 0. The van der Waals surface area contributed by atoms with Crippen molar-refractivity contribution in [1.82, 2.24) is 4.90 Å². The number of nitrogens with zero attached hydrogens (tertiary/aromatic N) is 1. The van der Waals surface area contributed by atoms with Gasteiger partial charge in [-0.2, -0.15) is 0 Å². The Kier molecular flexibility index (Phi) is 9.51. The van der Waals surface area contributed by atoms with Crippen LogP contribution in [0.2, 0.25) is 0 Å². The van der Waals surface area contributed by atoms with Gasteiger partial charge in [-0.25, -0.2) is 0 Å². The molecule has 4 aliphatic rings. The zero-order valence-corrected chi connectivity index (χ0v) is 26.1. The molecule has 0 radical (unpaired) electrons. The van der Waals surface area contributed by atoms with E-state index in [4.69, 9.17) is 0 Å². The number of aryl methyl sites for hydroxylation is 1. The Morgan fingerprint density at radius 1 is 1.12 bits per heavy atom. The number of rotatable bonds is 9. The molecule has 1 amide bonds. The normalized spacial score (nSPS) is 38.0. The summed E-state index contributed by atoms with van der Waals surface area (Å²) in [6, 6.07) is 10.6. The summed E-state index contributed by atoms with van der Waals surface area (Å²) in [5, 5.41) is 31.4. The molecule has 230 valence electrons. The van der Waals surface area contributed by atoms with Crippen LogP contribution >= 0.6 is 0 Å². The molecule has 1 aromatic carbocycles. The molecule has 1 aliphatic heterocycles. The number of fused-ring (bicyclic) bond motifs is 1. The number of aliphatic hydroxyl groups is 3. The quantitative estimate of drug-likeness (QED) is 0.293. The number of carbonyl (C=O) groups is 1. The number of benzene rings is 1. The lowest BCUT2D eigenvalue weighted by Gasteiger charge is -2.45. The fourth-order valence-corrected chi connectivity index (χ4v) is 9.15. The van der Waals surface area contributed by atoms with Gasteiger partial charge in [-0.05, 0) is 111 Å². The molecule has 42 heavy (non-hydrogen) atoms. The molecule has 1 heterocycles. The van der Waals surface area contributed by atoms with E-state index >= 15 is 0 Å². The van der Waals surface area contributed by atoms with Crippen LogP contribution in [0.15, 0.2) is 65.8 Å². The second kappa shape index (κ2) is 12.8. The first-order valence-corrected chi connectivity index (χ1v) is 16.5. The van der Waals surface area contributed by atoms with E-state index in [2.05, 4.69) is 56.8 Å². The van der Waals surface area contributed by atoms with Crippen LogP contribution in [0.1, 0.15) is 97.0 Å². The highest BCUT2D eigenvalue weighted by Crippen LogP contribution is 2.60. The Morgan fingerprint density at radius 2 is 1.88 bits per heavy atom. The summed E-state index contributed by atoms with van der Waals surface area (Å²) in [5.74, 6) is 1.52. The molecule has 0 bridgehead atoms. The lowest BCUT2D eigenvalue weighted by molar-refractivity contribution is -0.142. The molecule has 0 spiro atoms. The topological polar surface area (TPSA) is 81.0 Å². The Balaban J connectivity index is 1.23. The van der Waals surface area contributed by atoms with E-state index in [1.54, 1.807) is 6.92 Å². The fourth-order valence-electron chi connectivity index (χ4n) is 9.15. The molecule has 1 unspecified atom stereocenters. The molecule has 5 rings (SSSR count). The van der Waals surface area contributed by atoms with E-state index in [9.17, 15) is 20.1 Å². The molecule has 0 aromatic heterocycles. The van der Waals surface area contributed by atoms with Crippen molar-refractivity contribution in [2.45, 2.75) is 122 Å². The zero-order valence-electron chi connectivity index (χ0n) is 26.1. The van der Waals surface area contributed by atoms with Gasteiger partial charge in [-0.3, -0.25) is 4.79 Å². The summed E-state index contributed by atoms with van der Waals surface area (Å²) >= 11 is 0. The third kappa shape index (κ3) is 6.49. The monoisotopic (exact) mass is 575 g/mol. The van der Waals surface area contributed by atoms with Gasteiger partial charge in [0.2, 0.25) is 0 Å². The summed E-state index contributed by atoms with van der Waals surface area (Å²) < 4.78 is 0. The number of hydrogen-bond donors (Lipinski definition) is 3. The van der Waals surface area contributed by atoms with Gasteiger partial charge in [-0.15, -0.1) is 0 Å². The van der Waals surface area contributed by atoms with Crippen molar-refractivity contribution >= 4 is 5.91 Å². The summed E-state index contributed by atoms with van der Waals surface area (Å²) in [6.07, 6.45) is 14.6. The predicted octanol–water partition coefficient (Wildman–Crippen LogP) is 6.53. The third-order valence-corrected chi connectivity index (χ3v) is 11.4. The average molecular weight is 576 g/mol. The van der Waals surface area contributed by atoms with Crippen molar-refractivity contribution in [2.75, 3.05) is 6.54 Å². The van der Waals surface area contributed by atoms with E-state index in [1.165, 1.54) is 36.8 Å². The highest BCUT2D eigenvalue weighted by molar-refractivity contribution is 5.87. The maximum Gasteiger partial charge on any atom is 0.254 e. The highest BCUT2D eigenvalue weighted by atomic mass is 16.3. The molecule has 3 saturated carbocycles. The van der Waals surface area contributed by atoms with E-state index in [1.807, 2.05) is 11.0 Å². The molecule has 4 fully saturated rings. The molecule has 1 aromatic rings. The maximum atomic E-state index is 13.2. The largest absolute Gasteiger partial charge is 0.393 e. The Hall–Kier alpha value is -2.21. The van der Waals surface area contributed by atoms with E-state index in [-0.39, 0.29) is 17.4 Å². The van der Waals surface area contributed by atoms with Crippen LogP contribution in [-0.4, -0.2) is 56.5 Å². The van der Waals surface area contributed by atoms with Crippen LogP contribution in [0.3, 0.4) is 0 Å². The van der Waals surface area contributed by atoms with Crippen LogP contribution in [0.5, 0.6) is 0 Å². The van der Waals surface area contributed by atoms with Gasteiger partial charge in [0.05, 0.1) is 12.2 Å². The Labute approximate surface area is 253 Å². The molecule has 3 aliphatic carbocycles. The van der Waals surface area contributed by atoms with Crippen molar-refractivity contribution in [1.29, 1.82) is 0 Å². The lowest BCUT2D eigenvalue weighted by atomic mass is 9.60. The second-order valence-corrected chi connectivity index (χ2v) is 14.5. The van der Waals surface area contributed by atoms with E-state index in [0.717, 1.165) is 49.8 Å².